The van der Waals surface area contributed by atoms with Gasteiger partial charge in [0.05, 0.1) is 0 Å². The molecular formula is C22H26ClN3O2. The minimum atomic E-state index is -0.0116. The first-order chi connectivity index (χ1) is 13.5. The molecule has 3 rings (SSSR count). The van der Waals surface area contributed by atoms with Crippen molar-refractivity contribution in [2.45, 2.75) is 19.9 Å². The van der Waals surface area contributed by atoms with Crippen LogP contribution in [-0.2, 0) is 16.1 Å². The number of halogens is 1. The lowest BCUT2D eigenvalue weighted by molar-refractivity contribution is -0.134. The highest BCUT2D eigenvalue weighted by Crippen LogP contribution is 2.21. The minimum absolute atomic E-state index is 0.0116. The van der Waals surface area contributed by atoms with E-state index in [9.17, 15) is 9.59 Å². The zero-order valence-corrected chi connectivity index (χ0v) is 16.9. The summed E-state index contributed by atoms with van der Waals surface area (Å²) in [6.07, 6.45) is 0.351. The Kier molecular flexibility index (Phi) is 6.93. The Morgan fingerprint density at radius 3 is 2.36 bits per heavy atom. The lowest BCUT2D eigenvalue weighted by Gasteiger charge is -2.36. The van der Waals surface area contributed by atoms with E-state index >= 15 is 0 Å². The molecule has 0 aromatic heterocycles. The van der Waals surface area contributed by atoms with Gasteiger partial charge in [-0.3, -0.25) is 9.59 Å². The van der Waals surface area contributed by atoms with Gasteiger partial charge in [0.2, 0.25) is 11.8 Å². The molecule has 1 fully saturated rings. The summed E-state index contributed by atoms with van der Waals surface area (Å²) in [4.78, 5) is 30.4. The van der Waals surface area contributed by atoms with Crippen molar-refractivity contribution in [2.24, 2.45) is 0 Å². The van der Waals surface area contributed by atoms with E-state index in [4.69, 9.17) is 11.6 Å². The molecule has 1 saturated heterocycles. The topological polar surface area (TPSA) is 43.9 Å². The predicted octanol–water partition coefficient (Wildman–Crippen LogP) is 3.43. The van der Waals surface area contributed by atoms with Crippen LogP contribution in [0.3, 0.4) is 0 Å². The van der Waals surface area contributed by atoms with Gasteiger partial charge in [-0.2, -0.15) is 0 Å². The summed E-state index contributed by atoms with van der Waals surface area (Å²) in [6, 6.07) is 17.6. The normalized spacial score (nSPS) is 14.1. The van der Waals surface area contributed by atoms with Gasteiger partial charge in [-0.05, 0) is 23.8 Å². The molecule has 5 nitrogen and oxygen atoms in total. The molecule has 28 heavy (non-hydrogen) atoms. The van der Waals surface area contributed by atoms with Crippen molar-refractivity contribution in [2.75, 3.05) is 37.6 Å². The first kappa shape index (κ1) is 20.2. The number of anilines is 1. The van der Waals surface area contributed by atoms with Crippen molar-refractivity contribution >= 4 is 29.1 Å². The summed E-state index contributed by atoms with van der Waals surface area (Å²) < 4.78 is 0. The molecule has 2 aromatic rings. The molecule has 148 valence electrons. The average molecular weight is 400 g/mol. The van der Waals surface area contributed by atoms with E-state index in [1.807, 2.05) is 59.5 Å². The highest BCUT2D eigenvalue weighted by molar-refractivity contribution is 6.30. The maximum absolute atomic E-state index is 12.6. The van der Waals surface area contributed by atoms with E-state index < -0.39 is 0 Å². The number of piperazine rings is 1. The summed E-state index contributed by atoms with van der Waals surface area (Å²) in [6.45, 7) is 5.47. The molecule has 0 radical (unpaired) electrons. The number of amides is 2. The first-order valence-electron chi connectivity index (χ1n) is 9.60. The van der Waals surface area contributed by atoms with Gasteiger partial charge in [-0.1, -0.05) is 48.0 Å². The minimum Gasteiger partial charge on any atom is -0.368 e. The Balaban J connectivity index is 1.49. The fraction of sp³-hybridized carbons (Fsp3) is 0.364. The molecule has 0 unspecified atom stereocenters. The van der Waals surface area contributed by atoms with Crippen molar-refractivity contribution < 1.29 is 9.59 Å². The highest BCUT2D eigenvalue weighted by atomic mass is 35.5. The quantitative estimate of drug-likeness (QED) is 0.747. The number of rotatable bonds is 6. The van der Waals surface area contributed by atoms with Gasteiger partial charge in [-0.15, -0.1) is 0 Å². The van der Waals surface area contributed by atoms with E-state index in [0.717, 1.165) is 29.4 Å². The van der Waals surface area contributed by atoms with Gasteiger partial charge in [0, 0.05) is 63.3 Å². The Morgan fingerprint density at radius 1 is 1.00 bits per heavy atom. The second-order valence-corrected chi connectivity index (χ2v) is 7.46. The Morgan fingerprint density at radius 2 is 1.71 bits per heavy atom. The van der Waals surface area contributed by atoms with Gasteiger partial charge >= 0.3 is 0 Å². The van der Waals surface area contributed by atoms with Crippen molar-refractivity contribution in [1.82, 2.24) is 9.80 Å². The van der Waals surface area contributed by atoms with Crippen molar-refractivity contribution in [3.05, 3.63) is 65.2 Å². The standard InChI is InChI=1S/C22H26ClN3O2/c1-18(27)26(17-19-6-3-2-4-7-19)11-10-22(28)25-14-12-24(13-15-25)21-9-5-8-20(23)16-21/h2-9,16H,10-15,17H2,1H3. The van der Waals surface area contributed by atoms with Crippen LogP contribution in [0.15, 0.2) is 54.6 Å². The second kappa shape index (κ2) is 9.60. The maximum atomic E-state index is 12.6. The molecule has 0 aliphatic carbocycles. The van der Waals surface area contributed by atoms with Crippen LogP contribution in [0.5, 0.6) is 0 Å². The summed E-state index contributed by atoms with van der Waals surface area (Å²) >= 11 is 6.07. The largest absolute Gasteiger partial charge is 0.368 e. The van der Waals surface area contributed by atoms with Crippen LogP contribution in [-0.4, -0.2) is 54.3 Å². The molecule has 2 aromatic carbocycles. The lowest BCUT2D eigenvalue weighted by Crippen LogP contribution is -2.49. The molecule has 6 heteroatoms. The van der Waals surface area contributed by atoms with Crippen LogP contribution in [0, 0.1) is 0 Å². The zero-order valence-electron chi connectivity index (χ0n) is 16.2. The summed E-state index contributed by atoms with van der Waals surface area (Å²) in [5.41, 5.74) is 2.16. The van der Waals surface area contributed by atoms with Crippen LogP contribution in [0.1, 0.15) is 18.9 Å². The summed E-state index contributed by atoms with van der Waals surface area (Å²) in [5.74, 6) is 0.0903. The van der Waals surface area contributed by atoms with Crippen LogP contribution < -0.4 is 4.90 Å². The van der Waals surface area contributed by atoms with Gasteiger partial charge in [0.15, 0.2) is 0 Å². The molecule has 1 aliphatic heterocycles. The molecule has 0 saturated carbocycles. The van der Waals surface area contributed by atoms with E-state index in [1.165, 1.54) is 0 Å². The third-order valence-corrected chi connectivity index (χ3v) is 5.30. The SMILES string of the molecule is CC(=O)N(CCC(=O)N1CCN(c2cccc(Cl)c2)CC1)Cc1ccccc1. The van der Waals surface area contributed by atoms with Gasteiger partial charge in [0.1, 0.15) is 0 Å². The fourth-order valence-corrected chi connectivity index (χ4v) is 3.61. The number of benzene rings is 2. The van der Waals surface area contributed by atoms with Crippen LogP contribution in [0.4, 0.5) is 5.69 Å². The highest BCUT2D eigenvalue weighted by Gasteiger charge is 2.22. The van der Waals surface area contributed by atoms with E-state index in [0.29, 0.717) is 32.6 Å². The maximum Gasteiger partial charge on any atom is 0.224 e. The average Bonchev–Trinajstić information content (AvgIpc) is 2.71. The first-order valence-corrected chi connectivity index (χ1v) is 9.98. The Hall–Kier alpha value is -2.53. The smallest absolute Gasteiger partial charge is 0.224 e. The third-order valence-electron chi connectivity index (χ3n) is 5.06. The van der Waals surface area contributed by atoms with E-state index in [1.54, 1.807) is 11.8 Å². The third kappa shape index (κ3) is 5.49. The molecule has 0 N–H and O–H groups in total. The number of carbonyl (C=O) groups is 2. The number of carbonyl (C=O) groups excluding carboxylic acids is 2. The van der Waals surface area contributed by atoms with Gasteiger partial charge < -0.3 is 14.7 Å². The lowest BCUT2D eigenvalue weighted by atomic mass is 10.2. The second-order valence-electron chi connectivity index (χ2n) is 7.02. The van der Waals surface area contributed by atoms with E-state index in [-0.39, 0.29) is 11.8 Å². The van der Waals surface area contributed by atoms with Crippen LogP contribution >= 0.6 is 11.6 Å². The Labute approximate surface area is 171 Å². The fourth-order valence-electron chi connectivity index (χ4n) is 3.43. The van der Waals surface area contributed by atoms with Crippen molar-refractivity contribution in [1.29, 1.82) is 0 Å². The van der Waals surface area contributed by atoms with Crippen molar-refractivity contribution in [3.8, 4) is 0 Å². The zero-order chi connectivity index (χ0) is 19.9. The summed E-state index contributed by atoms with van der Waals surface area (Å²) in [5, 5.41) is 0.721. The van der Waals surface area contributed by atoms with Crippen LogP contribution in [0.25, 0.3) is 0 Å². The summed E-state index contributed by atoms with van der Waals surface area (Å²) in [7, 11) is 0. The molecule has 0 spiro atoms. The number of hydrogen-bond acceptors (Lipinski definition) is 3. The molecule has 0 bridgehead atoms. The van der Waals surface area contributed by atoms with Gasteiger partial charge in [-0.25, -0.2) is 0 Å². The number of hydrogen-bond donors (Lipinski definition) is 0. The van der Waals surface area contributed by atoms with Gasteiger partial charge in [0.25, 0.3) is 0 Å². The molecule has 1 aliphatic rings. The van der Waals surface area contributed by atoms with E-state index in [2.05, 4.69) is 4.90 Å². The predicted molar refractivity (Wildman–Crippen MR) is 112 cm³/mol. The number of nitrogens with zero attached hydrogens (tertiary/aromatic N) is 3. The monoisotopic (exact) mass is 399 g/mol. The molecule has 1 heterocycles. The van der Waals surface area contributed by atoms with Crippen molar-refractivity contribution in [3.63, 3.8) is 0 Å². The van der Waals surface area contributed by atoms with Crippen LogP contribution in [0.2, 0.25) is 5.02 Å². The molecular weight excluding hydrogens is 374 g/mol. The molecule has 0 atom stereocenters. The Bertz CT molecular complexity index is 804. The molecule has 2 amide bonds.